The van der Waals surface area contributed by atoms with Crippen LogP contribution in [0.3, 0.4) is 0 Å². The lowest BCUT2D eigenvalue weighted by molar-refractivity contribution is -0.143. The molecule has 4 rings (SSSR count). The first-order valence-corrected chi connectivity index (χ1v) is 11.8. The summed E-state index contributed by atoms with van der Waals surface area (Å²) in [6, 6.07) is 20.6. The molecule has 0 saturated carbocycles. The van der Waals surface area contributed by atoms with Gasteiger partial charge in [0.2, 0.25) is 6.79 Å². The van der Waals surface area contributed by atoms with Gasteiger partial charge in [0.1, 0.15) is 11.5 Å². The number of carbonyl (C=O) groups is 2. The molecule has 7 nitrogen and oxygen atoms in total. The maximum Gasteiger partial charge on any atom is 0.306 e. The van der Waals surface area contributed by atoms with Gasteiger partial charge in [0.15, 0.2) is 11.5 Å². The summed E-state index contributed by atoms with van der Waals surface area (Å²) in [7, 11) is 3.45. The van der Waals surface area contributed by atoms with Crippen LogP contribution in [0.4, 0.5) is 0 Å². The van der Waals surface area contributed by atoms with Gasteiger partial charge in [-0.1, -0.05) is 30.3 Å². The Hall–Kier alpha value is -4.26. The first-order valence-electron chi connectivity index (χ1n) is 11.8. The fourth-order valence-electron chi connectivity index (χ4n) is 3.72. The Balaban J connectivity index is 1.47. The third kappa shape index (κ3) is 6.24. The summed E-state index contributed by atoms with van der Waals surface area (Å²) in [4.78, 5) is 26.1. The van der Waals surface area contributed by atoms with Gasteiger partial charge in [0.05, 0.1) is 6.61 Å². The third-order valence-electron chi connectivity index (χ3n) is 5.59. The third-order valence-corrected chi connectivity index (χ3v) is 5.59. The maximum atomic E-state index is 13.0. The minimum absolute atomic E-state index is 0.111. The average molecular weight is 488 g/mol. The molecule has 36 heavy (non-hydrogen) atoms. The van der Waals surface area contributed by atoms with Crippen LogP contribution < -0.4 is 14.2 Å². The fourth-order valence-corrected chi connectivity index (χ4v) is 3.72. The van der Waals surface area contributed by atoms with Crippen LogP contribution in [0.25, 0.3) is 11.6 Å². The number of likely N-dealkylation sites (N-methyl/N-ethyl adjacent to an activating group) is 1. The number of ether oxygens (including phenoxy) is 4. The number of rotatable bonds is 9. The van der Waals surface area contributed by atoms with Gasteiger partial charge in [-0.15, -0.1) is 0 Å². The van der Waals surface area contributed by atoms with Gasteiger partial charge in [-0.05, 0) is 72.5 Å². The van der Waals surface area contributed by atoms with Crippen LogP contribution in [0.1, 0.15) is 30.0 Å². The van der Waals surface area contributed by atoms with Crippen molar-refractivity contribution in [1.29, 1.82) is 0 Å². The molecular weight excluding hydrogens is 458 g/mol. The molecule has 1 heterocycles. The lowest BCUT2D eigenvalue weighted by Gasteiger charge is -2.15. The van der Waals surface area contributed by atoms with E-state index in [9.17, 15) is 9.59 Å². The molecule has 1 aliphatic rings. The van der Waals surface area contributed by atoms with Crippen molar-refractivity contribution < 1.29 is 28.5 Å². The largest absolute Gasteiger partial charge is 0.466 e. The summed E-state index contributed by atoms with van der Waals surface area (Å²) in [6.45, 7) is 2.39. The van der Waals surface area contributed by atoms with Crippen molar-refractivity contribution in [3.63, 3.8) is 0 Å². The summed E-state index contributed by atoms with van der Waals surface area (Å²) in [6.07, 6.45) is 2.81. The standard InChI is InChI=1S/C29H29NO6/c1-4-33-28(31)16-8-20-5-11-23(12-6-20)36-24-13-9-22(10-14-24)25(29(32)30(2)3)17-21-7-15-26-27(18-21)35-19-34-26/h5-7,9-15,17-18H,4,8,16,19H2,1-3H3/b25-17-. The first-order chi connectivity index (χ1) is 17.4. The van der Waals surface area contributed by atoms with Crippen LogP contribution in [0.5, 0.6) is 23.0 Å². The van der Waals surface area contributed by atoms with E-state index in [4.69, 9.17) is 18.9 Å². The van der Waals surface area contributed by atoms with Crippen molar-refractivity contribution in [1.82, 2.24) is 4.90 Å². The van der Waals surface area contributed by atoms with Crippen molar-refractivity contribution in [2.75, 3.05) is 27.5 Å². The molecule has 1 amide bonds. The second-order valence-electron chi connectivity index (χ2n) is 8.45. The van der Waals surface area contributed by atoms with Crippen LogP contribution >= 0.6 is 0 Å². The highest BCUT2D eigenvalue weighted by molar-refractivity contribution is 6.24. The number of benzene rings is 3. The number of hydrogen-bond acceptors (Lipinski definition) is 6. The second-order valence-corrected chi connectivity index (χ2v) is 8.45. The summed E-state index contributed by atoms with van der Waals surface area (Å²) in [5.41, 5.74) is 3.20. The second kappa shape index (κ2) is 11.4. The molecule has 7 heteroatoms. The number of amides is 1. The molecule has 0 radical (unpaired) electrons. The predicted molar refractivity (Wildman–Crippen MR) is 137 cm³/mol. The lowest BCUT2D eigenvalue weighted by Crippen LogP contribution is -2.22. The minimum Gasteiger partial charge on any atom is -0.466 e. The number of esters is 1. The number of aryl methyl sites for hydroxylation is 1. The van der Waals surface area contributed by atoms with Crippen LogP contribution in [-0.4, -0.2) is 44.3 Å². The van der Waals surface area contributed by atoms with Crippen LogP contribution in [0.15, 0.2) is 66.7 Å². The summed E-state index contributed by atoms with van der Waals surface area (Å²) < 4.78 is 21.8. The fraction of sp³-hybridized carbons (Fsp3) is 0.241. The van der Waals surface area contributed by atoms with Gasteiger partial charge in [-0.3, -0.25) is 9.59 Å². The van der Waals surface area contributed by atoms with E-state index in [1.807, 2.05) is 72.8 Å². The van der Waals surface area contributed by atoms with Gasteiger partial charge >= 0.3 is 5.97 Å². The Kier molecular flexibility index (Phi) is 7.90. The van der Waals surface area contributed by atoms with E-state index in [1.165, 1.54) is 0 Å². The summed E-state index contributed by atoms with van der Waals surface area (Å²) in [5, 5.41) is 0. The molecule has 0 fully saturated rings. The van der Waals surface area contributed by atoms with E-state index in [0.717, 1.165) is 16.7 Å². The monoisotopic (exact) mass is 487 g/mol. The minimum atomic E-state index is -0.197. The topological polar surface area (TPSA) is 74.3 Å². The van der Waals surface area contributed by atoms with Crippen molar-refractivity contribution in [2.24, 2.45) is 0 Å². The smallest absolute Gasteiger partial charge is 0.306 e. The van der Waals surface area contributed by atoms with Crippen molar-refractivity contribution in [2.45, 2.75) is 19.8 Å². The SMILES string of the molecule is CCOC(=O)CCc1ccc(Oc2ccc(/C(=C/c3ccc4c(c3)OCO4)C(=O)N(C)C)cc2)cc1. The van der Waals surface area contributed by atoms with E-state index in [-0.39, 0.29) is 18.7 Å². The highest BCUT2D eigenvalue weighted by Crippen LogP contribution is 2.34. The molecule has 1 aliphatic heterocycles. The Bertz CT molecular complexity index is 1250. The maximum absolute atomic E-state index is 13.0. The molecule has 0 aromatic heterocycles. The summed E-state index contributed by atoms with van der Waals surface area (Å²) >= 11 is 0. The van der Waals surface area contributed by atoms with Gasteiger partial charge < -0.3 is 23.8 Å². The molecular formula is C29H29NO6. The van der Waals surface area contributed by atoms with E-state index in [0.29, 0.717) is 48.0 Å². The molecule has 0 atom stereocenters. The zero-order valence-corrected chi connectivity index (χ0v) is 20.7. The van der Waals surface area contributed by atoms with Gasteiger partial charge in [0, 0.05) is 26.1 Å². The van der Waals surface area contributed by atoms with E-state index < -0.39 is 0 Å². The highest BCUT2D eigenvalue weighted by atomic mass is 16.7. The Morgan fingerprint density at radius 3 is 2.25 bits per heavy atom. The Morgan fingerprint density at radius 2 is 1.58 bits per heavy atom. The average Bonchev–Trinajstić information content (AvgIpc) is 3.35. The normalized spacial score (nSPS) is 12.2. The lowest BCUT2D eigenvalue weighted by atomic mass is 10.0. The molecule has 3 aromatic rings. The van der Waals surface area contributed by atoms with E-state index in [1.54, 1.807) is 25.9 Å². The molecule has 0 N–H and O–H groups in total. The molecule has 186 valence electrons. The van der Waals surface area contributed by atoms with Crippen LogP contribution in [0.2, 0.25) is 0 Å². The number of fused-ring (bicyclic) bond motifs is 1. The van der Waals surface area contributed by atoms with Crippen molar-refractivity contribution >= 4 is 23.5 Å². The van der Waals surface area contributed by atoms with E-state index >= 15 is 0 Å². The Labute approximate surface area is 210 Å². The predicted octanol–water partition coefficient (Wildman–Crippen LogP) is 5.33. The molecule has 0 bridgehead atoms. The summed E-state index contributed by atoms with van der Waals surface area (Å²) in [5.74, 6) is 2.38. The molecule has 0 saturated heterocycles. The molecule has 0 unspecified atom stereocenters. The van der Waals surface area contributed by atoms with Gasteiger partial charge in [0.25, 0.3) is 5.91 Å². The molecule has 0 spiro atoms. The van der Waals surface area contributed by atoms with Crippen LogP contribution in [-0.2, 0) is 20.7 Å². The van der Waals surface area contributed by atoms with Gasteiger partial charge in [-0.2, -0.15) is 0 Å². The van der Waals surface area contributed by atoms with Crippen molar-refractivity contribution in [3.8, 4) is 23.0 Å². The zero-order valence-electron chi connectivity index (χ0n) is 20.7. The highest BCUT2D eigenvalue weighted by Gasteiger charge is 2.17. The molecule has 0 aliphatic carbocycles. The zero-order chi connectivity index (χ0) is 25.5. The Morgan fingerprint density at radius 1 is 0.917 bits per heavy atom. The quantitative estimate of drug-likeness (QED) is 0.231. The number of carbonyl (C=O) groups excluding carboxylic acids is 2. The van der Waals surface area contributed by atoms with Crippen molar-refractivity contribution in [3.05, 3.63) is 83.4 Å². The van der Waals surface area contributed by atoms with Gasteiger partial charge in [-0.25, -0.2) is 0 Å². The number of hydrogen-bond donors (Lipinski definition) is 0. The number of nitrogens with zero attached hydrogens (tertiary/aromatic N) is 1. The van der Waals surface area contributed by atoms with Crippen LogP contribution in [0, 0.1) is 0 Å². The molecule has 3 aromatic carbocycles. The first kappa shape index (κ1) is 24.9. The van der Waals surface area contributed by atoms with E-state index in [2.05, 4.69) is 0 Å².